The highest BCUT2D eigenvalue weighted by Crippen LogP contribution is 2.40. The van der Waals surface area contributed by atoms with E-state index < -0.39 is 31.3 Å². The third kappa shape index (κ3) is 3.98. The van der Waals surface area contributed by atoms with Gasteiger partial charge in [-0.15, -0.1) is 11.8 Å². The summed E-state index contributed by atoms with van der Waals surface area (Å²) >= 11 is 14.3. The molecule has 0 aliphatic carbocycles. The summed E-state index contributed by atoms with van der Waals surface area (Å²) < 4.78 is 84.4. The van der Waals surface area contributed by atoms with Gasteiger partial charge in [-0.25, -0.2) is 13.4 Å². The molecule has 0 atom stereocenters. The van der Waals surface area contributed by atoms with Gasteiger partial charge in [0.2, 0.25) is 0 Å². The molecule has 2 rings (SSSR count). The summed E-state index contributed by atoms with van der Waals surface area (Å²) in [7, 11) is -5.31. The molecular formula is C12H6BrCl2F5N2O2S2. The van der Waals surface area contributed by atoms with Gasteiger partial charge in [0.15, 0.2) is 9.76 Å². The Bertz CT molecular complexity index is 958. The minimum atomic E-state index is -5.31. The zero-order chi connectivity index (χ0) is 20.1. The fourth-order valence-corrected chi connectivity index (χ4v) is 4.40. The third-order valence-electron chi connectivity index (χ3n) is 3.04. The van der Waals surface area contributed by atoms with Crippen molar-refractivity contribution in [3.63, 3.8) is 0 Å². The first-order chi connectivity index (χ1) is 11.7. The van der Waals surface area contributed by atoms with Crippen LogP contribution in [0, 0.1) is 0 Å². The van der Waals surface area contributed by atoms with Crippen molar-refractivity contribution in [3.05, 3.63) is 33.6 Å². The van der Waals surface area contributed by atoms with Gasteiger partial charge in [0, 0.05) is 11.1 Å². The summed E-state index contributed by atoms with van der Waals surface area (Å²) in [6.45, 7) is 0. The van der Waals surface area contributed by atoms with Gasteiger partial charge in [0.1, 0.15) is 0 Å². The van der Waals surface area contributed by atoms with Crippen molar-refractivity contribution in [2.45, 2.75) is 20.8 Å². The monoisotopic (exact) mass is 518 g/mol. The molecule has 144 valence electrons. The first kappa shape index (κ1) is 21.7. The van der Waals surface area contributed by atoms with Crippen LogP contribution < -0.4 is 0 Å². The number of rotatable bonds is 4. The summed E-state index contributed by atoms with van der Waals surface area (Å²) in [5.41, 5.74) is -1.09. The largest absolute Gasteiger partial charge is 0.428 e. The minimum Gasteiger partial charge on any atom is -0.290 e. The van der Waals surface area contributed by atoms with Crippen molar-refractivity contribution in [2.24, 2.45) is 0 Å². The summed E-state index contributed by atoms with van der Waals surface area (Å²) in [4.78, 5) is 3.47. The van der Waals surface area contributed by atoms with Crippen molar-refractivity contribution >= 4 is 60.7 Å². The van der Waals surface area contributed by atoms with E-state index in [0.717, 1.165) is 22.4 Å². The maximum absolute atomic E-state index is 13.1. The van der Waals surface area contributed by atoms with E-state index in [9.17, 15) is 30.4 Å². The van der Waals surface area contributed by atoms with E-state index in [4.69, 9.17) is 11.6 Å². The molecule has 26 heavy (non-hydrogen) atoms. The highest BCUT2D eigenvalue weighted by atomic mass is 79.9. The molecule has 14 heteroatoms. The fourth-order valence-electron chi connectivity index (χ4n) is 1.87. The van der Waals surface area contributed by atoms with Crippen LogP contribution in [0.4, 0.5) is 22.0 Å². The van der Waals surface area contributed by atoms with Crippen LogP contribution in [0.25, 0.3) is 5.69 Å². The van der Waals surface area contributed by atoms with Gasteiger partial charge >= 0.3 is 10.9 Å². The smallest absolute Gasteiger partial charge is 0.290 e. The number of hydrogen-bond acceptors (Lipinski definition) is 4. The van der Waals surface area contributed by atoms with E-state index in [2.05, 4.69) is 32.5 Å². The summed E-state index contributed by atoms with van der Waals surface area (Å²) in [5.74, 6) is 0. The second kappa shape index (κ2) is 7.12. The Morgan fingerprint density at radius 1 is 1.23 bits per heavy atom. The molecule has 4 nitrogen and oxygen atoms in total. The number of hydrogen-bond donors (Lipinski definition) is 0. The molecule has 0 aliphatic heterocycles. The summed E-state index contributed by atoms with van der Waals surface area (Å²) in [6, 6.07) is 1.43. The van der Waals surface area contributed by atoms with E-state index in [0.29, 0.717) is 12.3 Å². The number of nitrogens with zero attached hydrogens (tertiary/aromatic N) is 2. The second-order valence-electron chi connectivity index (χ2n) is 4.67. The number of imidazole rings is 1. The van der Waals surface area contributed by atoms with Crippen molar-refractivity contribution < 1.29 is 30.4 Å². The number of thioether (sulfide) groups is 1. The summed E-state index contributed by atoms with van der Waals surface area (Å²) in [6.07, 6.45) is -2.51. The lowest BCUT2D eigenvalue weighted by atomic mass is 10.2. The quantitative estimate of drug-likeness (QED) is 0.300. The zero-order valence-corrected chi connectivity index (χ0v) is 17.0. The van der Waals surface area contributed by atoms with E-state index >= 15 is 0 Å². The van der Waals surface area contributed by atoms with Crippen LogP contribution >= 0.6 is 50.9 Å². The normalized spacial score (nSPS) is 13.3. The predicted molar refractivity (Wildman–Crippen MR) is 91.0 cm³/mol. The van der Waals surface area contributed by atoms with Gasteiger partial charge in [-0.2, -0.15) is 22.0 Å². The molecule has 1 aromatic carbocycles. The lowest BCUT2D eigenvalue weighted by molar-refractivity contribution is -0.137. The number of alkyl halides is 6. The topological polar surface area (TPSA) is 52.0 Å². The highest BCUT2D eigenvalue weighted by Gasteiger charge is 2.46. The average molecular weight is 520 g/mol. The van der Waals surface area contributed by atoms with E-state index in [1.165, 1.54) is 6.26 Å². The average Bonchev–Trinajstić information content (AvgIpc) is 2.86. The Labute approximate surface area is 166 Å². The van der Waals surface area contributed by atoms with Gasteiger partial charge in [0.05, 0.1) is 16.3 Å². The van der Waals surface area contributed by atoms with Crippen LogP contribution in [-0.2, 0) is 16.0 Å². The minimum absolute atomic E-state index is 0.0181. The van der Waals surface area contributed by atoms with Crippen molar-refractivity contribution in [1.82, 2.24) is 9.55 Å². The molecule has 0 radical (unpaired) electrons. The Morgan fingerprint density at radius 2 is 1.81 bits per heavy atom. The number of aromatic nitrogens is 2. The molecule has 0 amide bonds. The number of sulfone groups is 1. The number of benzene rings is 1. The molecule has 0 saturated heterocycles. The summed E-state index contributed by atoms with van der Waals surface area (Å²) in [5, 5.41) is -1.46. The molecule has 0 aliphatic rings. The molecule has 1 aromatic heterocycles. The number of halogens is 8. The van der Waals surface area contributed by atoms with Gasteiger partial charge in [0.25, 0.3) is 9.84 Å². The van der Waals surface area contributed by atoms with Crippen LogP contribution in [-0.4, -0.2) is 28.9 Å². The SMILES string of the molecule is CSc1cc(C(F)(F)F)cc(Cl)c1-n1cc(S(=O)(=O)C(F)(F)Cl)nc1Br. The Kier molecular flexibility index (Phi) is 5.95. The van der Waals surface area contributed by atoms with Crippen molar-refractivity contribution in [3.8, 4) is 5.69 Å². The van der Waals surface area contributed by atoms with Gasteiger partial charge in [-0.1, -0.05) is 11.6 Å². The van der Waals surface area contributed by atoms with Crippen LogP contribution in [0.3, 0.4) is 0 Å². The van der Waals surface area contributed by atoms with E-state index in [-0.39, 0.29) is 20.3 Å². The van der Waals surface area contributed by atoms with Crippen molar-refractivity contribution in [2.75, 3.05) is 6.26 Å². The molecule has 0 saturated carbocycles. The molecular weight excluding hydrogens is 514 g/mol. The lowest BCUT2D eigenvalue weighted by Gasteiger charge is -2.15. The fraction of sp³-hybridized carbons (Fsp3) is 0.250. The van der Waals surface area contributed by atoms with Crippen LogP contribution in [0.5, 0.6) is 0 Å². The highest BCUT2D eigenvalue weighted by molar-refractivity contribution is 9.10. The molecule has 1 heterocycles. The first-order valence-electron chi connectivity index (χ1n) is 6.21. The molecule has 0 fully saturated rings. The first-order valence-corrected chi connectivity index (χ1v) is 10.5. The van der Waals surface area contributed by atoms with Gasteiger partial charge in [-0.3, -0.25) is 4.57 Å². The van der Waals surface area contributed by atoms with E-state index in [1.807, 2.05) is 0 Å². The zero-order valence-electron chi connectivity index (χ0n) is 12.3. The van der Waals surface area contributed by atoms with Crippen LogP contribution in [0.1, 0.15) is 5.56 Å². The Balaban J connectivity index is 2.71. The predicted octanol–water partition coefficient (Wildman–Crippen LogP) is 5.59. The third-order valence-corrected chi connectivity index (χ3v) is 6.60. The van der Waals surface area contributed by atoms with Gasteiger partial charge < -0.3 is 0 Å². The lowest BCUT2D eigenvalue weighted by Crippen LogP contribution is -2.22. The second-order valence-corrected chi connectivity index (χ2v) is 9.28. The maximum atomic E-state index is 13.1. The molecule has 0 bridgehead atoms. The van der Waals surface area contributed by atoms with Gasteiger partial charge in [-0.05, 0) is 45.9 Å². The molecule has 0 unspecified atom stereocenters. The van der Waals surface area contributed by atoms with Crippen LogP contribution in [0.2, 0.25) is 5.02 Å². The van der Waals surface area contributed by atoms with E-state index in [1.54, 1.807) is 0 Å². The maximum Gasteiger partial charge on any atom is 0.428 e. The van der Waals surface area contributed by atoms with Crippen molar-refractivity contribution in [1.29, 1.82) is 0 Å². The molecule has 2 aromatic rings. The standard InChI is InChI=1S/C12H6BrCl2F5N2O2S2/c1-25-7-3-5(11(16,17)18)2-6(14)9(7)22-4-8(21-10(22)13)26(23,24)12(15,19)20/h2-4H,1H3. The molecule has 0 N–H and O–H groups in total. The molecule has 0 spiro atoms. The Hall–Kier alpha value is -0.560. The Morgan fingerprint density at radius 3 is 2.27 bits per heavy atom. The van der Waals surface area contributed by atoms with Crippen LogP contribution in [0.15, 0.2) is 33.0 Å².